The molecular weight excluding hydrogens is 228 g/mol. The van der Waals surface area contributed by atoms with Gasteiger partial charge in [0, 0.05) is 4.47 Å². The molecule has 0 atom stereocenters. The van der Waals surface area contributed by atoms with Crippen LogP contribution < -0.4 is 0 Å². The molecule has 1 rings (SSSR count). The predicted molar refractivity (Wildman–Crippen MR) is 47.5 cm³/mol. The molecule has 1 aromatic carbocycles. The Hall–Kier alpha value is -0.350. The first-order chi connectivity index (χ1) is 5.13. The van der Waals surface area contributed by atoms with Crippen molar-refractivity contribution in [2.24, 2.45) is 0 Å². The summed E-state index contributed by atoms with van der Waals surface area (Å²) in [6.45, 7) is 1.77. The number of thiol groups is 1. The highest BCUT2D eigenvalue weighted by Crippen LogP contribution is 2.19. The Bertz CT molecular complexity index is 336. The summed E-state index contributed by atoms with van der Waals surface area (Å²) < 4.78 is 22.0. The van der Waals surface area contributed by atoms with Gasteiger partial charge in [-0.25, -0.2) is 8.42 Å². The van der Waals surface area contributed by atoms with E-state index in [2.05, 4.69) is 15.9 Å². The summed E-state index contributed by atoms with van der Waals surface area (Å²) in [4.78, 5) is 0.384. The van der Waals surface area contributed by atoms with E-state index in [-0.39, 0.29) is 0 Å². The standard InChI is InChI=1S/C7H7BrO2S/c1-5-6(8)3-2-4-7(5)11(9)10/h2-4,11H,1H3. The van der Waals surface area contributed by atoms with Crippen molar-refractivity contribution in [1.29, 1.82) is 0 Å². The van der Waals surface area contributed by atoms with Crippen LogP contribution in [-0.4, -0.2) is 8.42 Å². The van der Waals surface area contributed by atoms with Crippen molar-refractivity contribution in [1.82, 2.24) is 0 Å². The maximum atomic E-state index is 10.6. The number of hydrogen-bond acceptors (Lipinski definition) is 2. The number of hydrogen-bond donors (Lipinski definition) is 1. The van der Waals surface area contributed by atoms with E-state index in [0.29, 0.717) is 4.90 Å². The van der Waals surface area contributed by atoms with Crippen LogP contribution in [0.5, 0.6) is 0 Å². The summed E-state index contributed by atoms with van der Waals surface area (Å²) >= 11 is 3.25. The van der Waals surface area contributed by atoms with Crippen LogP contribution >= 0.6 is 15.9 Å². The summed E-state index contributed by atoms with van der Waals surface area (Å²) in [7, 11) is -2.46. The number of halogens is 1. The molecule has 0 fully saturated rings. The SMILES string of the molecule is Cc1c(Br)cccc1[SH](=O)=O. The molecule has 60 valence electrons. The quantitative estimate of drug-likeness (QED) is 0.752. The van der Waals surface area contributed by atoms with Crippen LogP contribution in [0.4, 0.5) is 0 Å². The Morgan fingerprint density at radius 3 is 2.45 bits per heavy atom. The van der Waals surface area contributed by atoms with Gasteiger partial charge in [-0.1, -0.05) is 22.0 Å². The molecule has 0 spiro atoms. The average Bonchev–Trinajstić information content (AvgIpc) is 1.94. The van der Waals surface area contributed by atoms with Gasteiger partial charge in [-0.05, 0) is 24.6 Å². The van der Waals surface area contributed by atoms with E-state index in [9.17, 15) is 8.42 Å². The summed E-state index contributed by atoms with van der Waals surface area (Å²) in [5, 5.41) is 0. The molecule has 4 heteroatoms. The van der Waals surface area contributed by atoms with E-state index >= 15 is 0 Å². The summed E-state index contributed by atoms with van der Waals surface area (Å²) in [5.41, 5.74) is 0.767. The van der Waals surface area contributed by atoms with Crippen LogP contribution in [0.2, 0.25) is 0 Å². The van der Waals surface area contributed by atoms with Crippen molar-refractivity contribution in [2.45, 2.75) is 11.8 Å². The van der Waals surface area contributed by atoms with Gasteiger partial charge in [-0.3, -0.25) is 0 Å². The Kier molecular flexibility index (Phi) is 2.67. The Balaban J connectivity index is 3.39. The zero-order valence-electron chi connectivity index (χ0n) is 5.87. The third-order valence-electron chi connectivity index (χ3n) is 1.44. The predicted octanol–water partition coefficient (Wildman–Crippen LogP) is 1.73. The Labute approximate surface area is 75.3 Å². The van der Waals surface area contributed by atoms with Crippen LogP contribution in [0, 0.1) is 6.92 Å². The molecule has 11 heavy (non-hydrogen) atoms. The lowest BCUT2D eigenvalue weighted by Gasteiger charge is -1.98. The zero-order valence-corrected chi connectivity index (χ0v) is 8.35. The topological polar surface area (TPSA) is 34.1 Å². The fourth-order valence-electron chi connectivity index (χ4n) is 0.794. The largest absolute Gasteiger partial charge is 0.227 e. The second-order valence-electron chi connectivity index (χ2n) is 2.14. The van der Waals surface area contributed by atoms with Gasteiger partial charge in [0.25, 0.3) is 0 Å². The van der Waals surface area contributed by atoms with Gasteiger partial charge in [0.05, 0.1) is 4.90 Å². The van der Waals surface area contributed by atoms with Gasteiger partial charge < -0.3 is 0 Å². The van der Waals surface area contributed by atoms with E-state index < -0.39 is 10.7 Å². The van der Waals surface area contributed by atoms with Gasteiger partial charge in [-0.15, -0.1) is 0 Å². The summed E-state index contributed by atoms with van der Waals surface area (Å²) in [6, 6.07) is 5.11. The van der Waals surface area contributed by atoms with Gasteiger partial charge >= 0.3 is 0 Å². The fourth-order valence-corrected chi connectivity index (χ4v) is 1.92. The molecule has 0 heterocycles. The molecule has 0 N–H and O–H groups in total. The van der Waals surface area contributed by atoms with Crippen LogP contribution in [0.1, 0.15) is 5.56 Å². The molecule has 1 aromatic rings. The van der Waals surface area contributed by atoms with Crippen molar-refractivity contribution in [3.63, 3.8) is 0 Å². The van der Waals surface area contributed by atoms with Gasteiger partial charge in [-0.2, -0.15) is 0 Å². The van der Waals surface area contributed by atoms with Crippen molar-refractivity contribution < 1.29 is 8.42 Å². The molecule has 0 bridgehead atoms. The minimum atomic E-state index is -2.46. The van der Waals surface area contributed by atoms with Crippen molar-refractivity contribution in [3.05, 3.63) is 28.2 Å². The molecule has 0 amide bonds. The Morgan fingerprint density at radius 2 is 2.00 bits per heavy atom. The second kappa shape index (κ2) is 3.36. The van der Waals surface area contributed by atoms with Crippen molar-refractivity contribution >= 4 is 26.6 Å². The molecule has 0 aliphatic heterocycles. The first-order valence-corrected chi connectivity index (χ1v) is 4.99. The van der Waals surface area contributed by atoms with Gasteiger partial charge in [0.15, 0.2) is 10.7 Å². The smallest absolute Gasteiger partial charge is 0.168 e. The zero-order chi connectivity index (χ0) is 8.43. The average molecular weight is 235 g/mol. The maximum Gasteiger partial charge on any atom is 0.168 e. The maximum absolute atomic E-state index is 10.6. The highest BCUT2D eigenvalue weighted by Gasteiger charge is 2.01. The molecule has 0 radical (unpaired) electrons. The van der Waals surface area contributed by atoms with E-state index in [1.807, 2.05) is 6.07 Å². The highest BCUT2D eigenvalue weighted by atomic mass is 79.9. The Morgan fingerprint density at radius 1 is 1.36 bits per heavy atom. The molecule has 0 saturated carbocycles. The lowest BCUT2D eigenvalue weighted by atomic mass is 10.2. The molecule has 0 unspecified atom stereocenters. The van der Waals surface area contributed by atoms with Crippen LogP contribution in [0.15, 0.2) is 27.6 Å². The van der Waals surface area contributed by atoms with E-state index in [1.165, 1.54) is 0 Å². The highest BCUT2D eigenvalue weighted by molar-refractivity contribution is 9.10. The van der Waals surface area contributed by atoms with Crippen LogP contribution in [0.3, 0.4) is 0 Å². The molecule has 0 saturated heterocycles. The first-order valence-electron chi connectivity index (χ1n) is 3.02. The first kappa shape index (κ1) is 8.74. The van der Waals surface area contributed by atoms with Gasteiger partial charge in [0.1, 0.15) is 0 Å². The second-order valence-corrected chi connectivity index (χ2v) is 3.99. The normalized spacial score (nSPS) is 10.5. The number of rotatable bonds is 1. The van der Waals surface area contributed by atoms with Crippen LogP contribution in [0.25, 0.3) is 0 Å². The minimum Gasteiger partial charge on any atom is -0.227 e. The van der Waals surface area contributed by atoms with E-state index in [1.54, 1.807) is 19.1 Å². The fraction of sp³-hybridized carbons (Fsp3) is 0.143. The summed E-state index contributed by atoms with van der Waals surface area (Å²) in [5.74, 6) is 0. The molecular formula is C7H7BrO2S. The van der Waals surface area contributed by atoms with Crippen molar-refractivity contribution in [3.8, 4) is 0 Å². The summed E-state index contributed by atoms with van der Waals surface area (Å²) in [6.07, 6.45) is 0. The van der Waals surface area contributed by atoms with Gasteiger partial charge in [0.2, 0.25) is 0 Å². The molecule has 0 aliphatic carbocycles. The lowest BCUT2D eigenvalue weighted by molar-refractivity contribution is 0.614. The monoisotopic (exact) mass is 234 g/mol. The van der Waals surface area contributed by atoms with Crippen LogP contribution in [-0.2, 0) is 10.7 Å². The number of benzene rings is 1. The molecule has 0 aromatic heterocycles. The van der Waals surface area contributed by atoms with E-state index in [4.69, 9.17) is 0 Å². The lowest BCUT2D eigenvalue weighted by Crippen LogP contribution is -1.85. The van der Waals surface area contributed by atoms with E-state index in [0.717, 1.165) is 10.0 Å². The van der Waals surface area contributed by atoms with Crippen molar-refractivity contribution in [2.75, 3.05) is 0 Å². The third-order valence-corrected chi connectivity index (χ3v) is 3.17. The third kappa shape index (κ3) is 1.81. The molecule has 2 nitrogen and oxygen atoms in total. The minimum absolute atomic E-state index is 0.384. The molecule has 0 aliphatic rings.